The number of rotatable bonds is 5. The lowest BCUT2D eigenvalue weighted by Crippen LogP contribution is -2.47. The molecule has 0 saturated carbocycles. The van der Waals surface area contributed by atoms with Crippen LogP contribution in [-0.4, -0.2) is 51.2 Å². The fourth-order valence-corrected chi connectivity index (χ4v) is 5.24. The third-order valence-corrected chi connectivity index (χ3v) is 6.65. The Morgan fingerprint density at radius 3 is 3.00 bits per heavy atom. The van der Waals surface area contributed by atoms with Gasteiger partial charge in [0.2, 0.25) is 0 Å². The minimum Gasteiger partial charge on any atom is -0.460 e. The average molecular weight is 437 g/mol. The maximum absolute atomic E-state index is 11.0. The molecule has 2 aliphatic heterocycles. The van der Waals surface area contributed by atoms with Crippen LogP contribution in [0.15, 0.2) is 47.0 Å². The van der Waals surface area contributed by atoms with Gasteiger partial charge >= 0.3 is 6.09 Å². The molecule has 0 unspecified atom stereocenters. The maximum atomic E-state index is 11.0. The third kappa shape index (κ3) is 3.48. The Labute approximate surface area is 180 Å². The number of benzene rings is 1. The molecule has 10 heteroatoms. The van der Waals surface area contributed by atoms with Gasteiger partial charge < -0.3 is 19.7 Å². The molecule has 2 atom stereocenters. The fourth-order valence-electron chi connectivity index (χ4n) is 4.45. The van der Waals surface area contributed by atoms with Crippen LogP contribution in [0.1, 0.15) is 12.2 Å². The number of likely N-dealkylation sites (tertiary alicyclic amines) is 1. The van der Waals surface area contributed by atoms with Crippen LogP contribution < -0.4 is 10.5 Å². The van der Waals surface area contributed by atoms with Crippen molar-refractivity contribution in [3.8, 4) is 10.9 Å². The Morgan fingerprint density at radius 2 is 2.19 bits per heavy atom. The van der Waals surface area contributed by atoms with Crippen molar-refractivity contribution in [1.82, 2.24) is 19.9 Å². The highest BCUT2D eigenvalue weighted by molar-refractivity contribution is 7.20. The lowest BCUT2D eigenvalue weighted by molar-refractivity contribution is -0.128. The number of furan rings is 1. The molecule has 2 bridgehead atoms. The highest BCUT2D eigenvalue weighted by atomic mass is 32.1. The van der Waals surface area contributed by atoms with E-state index >= 15 is 0 Å². The van der Waals surface area contributed by atoms with E-state index in [0.29, 0.717) is 35.7 Å². The summed E-state index contributed by atoms with van der Waals surface area (Å²) in [6.45, 7) is 2.19. The summed E-state index contributed by atoms with van der Waals surface area (Å²) in [7, 11) is 0. The van der Waals surface area contributed by atoms with E-state index in [1.165, 1.54) is 11.3 Å². The second-order valence-corrected chi connectivity index (χ2v) is 8.80. The number of carbonyl (C=O) groups excluding carboxylic acids is 1. The van der Waals surface area contributed by atoms with E-state index in [2.05, 4.69) is 14.9 Å². The zero-order valence-corrected chi connectivity index (χ0v) is 17.2. The number of ether oxygens (including phenoxy) is 1. The number of thiazole rings is 1. The number of pyridine rings is 1. The number of hydrogen-bond donors (Lipinski definition) is 1. The zero-order chi connectivity index (χ0) is 20.9. The largest absolute Gasteiger partial charge is 0.460 e. The van der Waals surface area contributed by atoms with Gasteiger partial charge in [-0.1, -0.05) is 11.3 Å². The molecule has 9 nitrogen and oxygen atoms in total. The topological polar surface area (TPSA) is 107 Å². The van der Waals surface area contributed by atoms with Crippen LogP contribution in [0.4, 0.5) is 4.79 Å². The summed E-state index contributed by atoms with van der Waals surface area (Å²) in [5.41, 5.74) is 6.64. The van der Waals surface area contributed by atoms with Crippen molar-refractivity contribution < 1.29 is 18.8 Å². The van der Waals surface area contributed by atoms with Crippen LogP contribution >= 0.6 is 11.3 Å². The number of piperazine rings is 1. The van der Waals surface area contributed by atoms with Gasteiger partial charge in [-0.15, -0.1) is 5.06 Å². The Bertz CT molecular complexity index is 1250. The standard InChI is InChI=1S/C21H19N5O4S/c22-20(27)30-26-10-13-8-14(26)9-25(13)11-16-7-12-6-15(3-4-17(12)28-16)29-21-24-19-18(31-21)2-1-5-23-19/h1-7,13-14H,8-11H2,(H2,22,27)/t13-,14-/m1/s1. The van der Waals surface area contributed by atoms with Gasteiger partial charge in [-0.05, 0) is 42.8 Å². The summed E-state index contributed by atoms with van der Waals surface area (Å²) in [6, 6.07) is 12.2. The molecule has 3 aromatic heterocycles. The number of hydroxylamine groups is 2. The molecule has 158 valence electrons. The first-order chi connectivity index (χ1) is 15.1. The number of nitrogens with two attached hydrogens (primary N) is 1. The van der Waals surface area contributed by atoms with Crippen LogP contribution in [0.3, 0.4) is 0 Å². The van der Waals surface area contributed by atoms with Gasteiger partial charge in [-0.3, -0.25) is 4.90 Å². The Kier molecular flexibility index (Phi) is 4.30. The van der Waals surface area contributed by atoms with Crippen LogP contribution in [0.5, 0.6) is 10.9 Å². The normalized spacial score (nSPS) is 21.3. The predicted molar refractivity (Wildman–Crippen MR) is 114 cm³/mol. The van der Waals surface area contributed by atoms with E-state index in [1.54, 1.807) is 11.3 Å². The molecule has 1 amide bonds. The highest BCUT2D eigenvalue weighted by Gasteiger charge is 2.45. The van der Waals surface area contributed by atoms with Crippen LogP contribution in [0, 0.1) is 0 Å². The van der Waals surface area contributed by atoms with E-state index in [0.717, 1.165) is 34.4 Å². The van der Waals surface area contributed by atoms with Gasteiger partial charge in [-0.25, -0.2) is 9.78 Å². The maximum Gasteiger partial charge on any atom is 0.423 e. The van der Waals surface area contributed by atoms with Crippen LogP contribution in [0.2, 0.25) is 0 Å². The highest BCUT2D eigenvalue weighted by Crippen LogP contribution is 2.35. The van der Waals surface area contributed by atoms with Crippen molar-refractivity contribution in [1.29, 1.82) is 0 Å². The average Bonchev–Trinajstić information content (AvgIpc) is 3.49. The minimum atomic E-state index is -0.753. The smallest absolute Gasteiger partial charge is 0.423 e. The summed E-state index contributed by atoms with van der Waals surface area (Å²) in [5, 5.41) is 3.24. The fraction of sp³-hybridized carbons (Fsp3) is 0.286. The lowest BCUT2D eigenvalue weighted by atomic mass is 10.2. The Morgan fingerprint density at radius 1 is 1.26 bits per heavy atom. The monoisotopic (exact) mass is 437 g/mol. The summed E-state index contributed by atoms with van der Waals surface area (Å²) in [5.74, 6) is 1.60. The van der Waals surface area contributed by atoms with Crippen molar-refractivity contribution in [2.45, 2.75) is 25.0 Å². The Balaban J connectivity index is 1.16. The molecule has 2 saturated heterocycles. The molecule has 2 N–H and O–H groups in total. The van der Waals surface area contributed by atoms with E-state index < -0.39 is 6.09 Å². The molecule has 4 aromatic rings. The summed E-state index contributed by atoms with van der Waals surface area (Å²) >= 11 is 1.47. The number of hydrogen-bond acceptors (Lipinski definition) is 9. The molecular formula is C21H19N5O4S. The Hall–Kier alpha value is -3.21. The van der Waals surface area contributed by atoms with Gasteiger partial charge in [0.1, 0.15) is 17.1 Å². The molecule has 2 fully saturated rings. The summed E-state index contributed by atoms with van der Waals surface area (Å²) in [4.78, 5) is 27.1. The van der Waals surface area contributed by atoms with Gasteiger partial charge in [0.05, 0.1) is 23.8 Å². The van der Waals surface area contributed by atoms with E-state index in [-0.39, 0.29) is 6.04 Å². The second kappa shape index (κ2) is 7.19. The van der Waals surface area contributed by atoms with Gasteiger partial charge in [0.15, 0.2) is 5.65 Å². The zero-order valence-electron chi connectivity index (χ0n) is 16.4. The lowest BCUT2D eigenvalue weighted by Gasteiger charge is -2.31. The van der Waals surface area contributed by atoms with Crippen molar-refractivity contribution in [3.05, 3.63) is 48.4 Å². The van der Waals surface area contributed by atoms with E-state index in [9.17, 15) is 4.79 Å². The molecule has 1 aromatic carbocycles. The molecule has 31 heavy (non-hydrogen) atoms. The number of fused-ring (bicyclic) bond motifs is 4. The summed E-state index contributed by atoms with van der Waals surface area (Å²) in [6.07, 6.45) is 1.93. The molecular weight excluding hydrogens is 418 g/mol. The first-order valence-corrected chi connectivity index (χ1v) is 10.8. The minimum absolute atomic E-state index is 0.185. The molecule has 5 heterocycles. The SMILES string of the molecule is NC(=O)ON1C[C@H]2C[C@@H]1CN2Cc1cc2cc(Oc3nc4ncccc4s3)ccc2o1. The number of amides is 1. The quantitative estimate of drug-likeness (QED) is 0.506. The van der Waals surface area contributed by atoms with Crippen molar-refractivity contribution in [2.24, 2.45) is 5.73 Å². The first kappa shape index (κ1) is 18.6. The van der Waals surface area contributed by atoms with E-state index in [4.69, 9.17) is 19.7 Å². The number of nitrogens with zero attached hydrogens (tertiary/aromatic N) is 4. The molecule has 0 radical (unpaired) electrons. The summed E-state index contributed by atoms with van der Waals surface area (Å²) < 4.78 is 13.0. The number of carbonyl (C=O) groups is 1. The predicted octanol–water partition coefficient (Wildman–Crippen LogP) is 3.50. The molecule has 0 aliphatic carbocycles. The number of primary amides is 1. The third-order valence-electron chi connectivity index (χ3n) is 5.76. The first-order valence-electron chi connectivity index (χ1n) is 10.0. The molecule has 6 rings (SSSR count). The molecule has 2 aliphatic rings. The van der Waals surface area contributed by atoms with Crippen LogP contribution in [-0.2, 0) is 11.4 Å². The van der Waals surface area contributed by atoms with E-state index in [1.807, 2.05) is 36.4 Å². The second-order valence-electron chi connectivity index (χ2n) is 7.80. The van der Waals surface area contributed by atoms with Crippen molar-refractivity contribution in [2.75, 3.05) is 13.1 Å². The van der Waals surface area contributed by atoms with Crippen molar-refractivity contribution >= 4 is 38.7 Å². The molecule has 0 spiro atoms. The van der Waals surface area contributed by atoms with Crippen molar-refractivity contribution in [3.63, 3.8) is 0 Å². The number of aromatic nitrogens is 2. The van der Waals surface area contributed by atoms with Crippen LogP contribution in [0.25, 0.3) is 21.3 Å². The van der Waals surface area contributed by atoms with Gasteiger partial charge in [-0.2, -0.15) is 4.98 Å². The van der Waals surface area contributed by atoms with Gasteiger partial charge in [0.25, 0.3) is 5.19 Å². The van der Waals surface area contributed by atoms with Gasteiger partial charge in [0, 0.05) is 24.2 Å².